The van der Waals surface area contributed by atoms with Gasteiger partial charge in [0, 0.05) is 12.4 Å². The molecule has 1 aromatic carbocycles. The molecule has 1 atom stereocenters. The fraction of sp³-hybridized carbons (Fsp3) is 0.286. The van der Waals surface area contributed by atoms with Gasteiger partial charge in [-0.2, -0.15) is 0 Å². The second-order valence-corrected chi connectivity index (χ2v) is 5.00. The zero-order valence-electron chi connectivity index (χ0n) is 11.5. The summed E-state index contributed by atoms with van der Waals surface area (Å²) in [4.78, 5) is 8.34. The molecule has 0 radical (unpaired) electrons. The minimum absolute atomic E-state index is 0.0566. The van der Waals surface area contributed by atoms with E-state index in [2.05, 4.69) is 31.2 Å². The molecular formula is C14H14BrF2N3O. The third kappa shape index (κ3) is 3.19. The molecule has 4 nitrogen and oxygen atoms in total. The monoisotopic (exact) mass is 357 g/mol. The second-order valence-electron chi connectivity index (χ2n) is 4.21. The number of hydrogen-bond acceptors (Lipinski definition) is 4. The molecule has 0 fully saturated rings. The van der Waals surface area contributed by atoms with Crippen LogP contribution in [0.4, 0.5) is 8.78 Å². The number of ether oxygens (including phenoxy) is 1. The Bertz CT molecular complexity index is 640. The summed E-state index contributed by atoms with van der Waals surface area (Å²) in [7, 11) is 1.48. The maximum atomic E-state index is 13.8. The van der Waals surface area contributed by atoms with Crippen LogP contribution in [-0.2, 0) is 0 Å². The van der Waals surface area contributed by atoms with Crippen LogP contribution < -0.4 is 10.1 Å². The summed E-state index contributed by atoms with van der Waals surface area (Å²) >= 11 is 3.10. The maximum absolute atomic E-state index is 13.8. The number of methoxy groups -OCH3 is 1. The molecule has 2 aromatic rings. The van der Waals surface area contributed by atoms with Gasteiger partial charge in [0.25, 0.3) is 0 Å². The van der Waals surface area contributed by atoms with Gasteiger partial charge in [-0.25, -0.2) is 13.8 Å². The molecular weight excluding hydrogens is 344 g/mol. The molecule has 0 spiro atoms. The predicted octanol–water partition coefficient (Wildman–Crippen LogP) is 3.22. The lowest BCUT2D eigenvalue weighted by molar-refractivity contribution is 0.382. The van der Waals surface area contributed by atoms with Crippen molar-refractivity contribution in [3.63, 3.8) is 0 Å². The van der Waals surface area contributed by atoms with E-state index in [9.17, 15) is 8.78 Å². The van der Waals surface area contributed by atoms with Crippen LogP contribution in [0.2, 0.25) is 0 Å². The quantitative estimate of drug-likeness (QED) is 0.834. The fourth-order valence-corrected chi connectivity index (χ4v) is 2.56. The number of hydrogen-bond donors (Lipinski definition) is 1. The van der Waals surface area contributed by atoms with E-state index in [-0.39, 0.29) is 4.47 Å². The Morgan fingerprint density at radius 3 is 2.67 bits per heavy atom. The van der Waals surface area contributed by atoms with Crippen LogP contribution in [0.5, 0.6) is 5.88 Å². The number of nitrogens with one attached hydrogen (secondary N) is 1. The number of nitrogens with zero attached hydrogens (tertiary/aromatic N) is 2. The second kappa shape index (κ2) is 6.91. The Kier molecular flexibility index (Phi) is 5.19. The molecule has 0 saturated heterocycles. The Morgan fingerprint density at radius 2 is 2.00 bits per heavy atom. The van der Waals surface area contributed by atoms with Gasteiger partial charge >= 0.3 is 0 Å². The molecule has 21 heavy (non-hydrogen) atoms. The molecule has 0 aliphatic heterocycles. The van der Waals surface area contributed by atoms with Gasteiger partial charge in [-0.05, 0) is 34.1 Å². The molecule has 7 heteroatoms. The van der Waals surface area contributed by atoms with Crippen molar-refractivity contribution < 1.29 is 13.5 Å². The van der Waals surface area contributed by atoms with E-state index in [4.69, 9.17) is 4.74 Å². The summed E-state index contributed by atoms with van der Waals surface area (Å²) < 4.78 is 32.3. The van der Waals surface area contributed by atoms with Crippen LogP contribution in [0.25, 0.3) is 0 Å². The van der Waals surface area contributed by atoms with Crippen LogP contribution in [-0.4, -0.2) is 23.6 Å². The van der Waals surface area contributed by atoms with E-state index in [0.29, 0.717) is 23.7 Å². The molecule has 0 saturated carbocycles. The van der Waals surface area contributed by atoms with Crippen molar-refractivity contribution in [1.29, 1.82) is 0 Å². The first-order valence-corrected chi connectivity index (χ1v) is 7.11. The first-order chi connectivity index (χ1) is 10.1. The van der Waals surface area contributed by atoms with Crippen molar-refractivity contribution in [3.8, 4) is 5.88 Å². The molecule has 1 N–H and O–H groups in total. The molecule has 1 aromatic heterocycles. The number of rotatable bonds is 5. The molecule has 2 rings (SSSR count). The first-order valence-electron chi connectivity index (χ1n) is 6.31. The van der Waals surface area contributed by atoms with Gasteiger partial charge < -0.3 is 10.1 Å². The molecule has 112 valence electrons. The van der Waals surface area contributed by atoms with Crippen molar-refractivity contribution in [2.24, 2.45) is 0 Å². The van der Waals surface area contributed by atoms with Gasteiger partial charge in [-0.3, -0.25) is 4.98 Å². The van der Waals surface area contributed by atoms with Gasteiger partial charge in [0.2, 0.25) is 5.88 Å². The highest BCUT2D eigenvalue weighted by molar-refractivity contribution is 9.10. The predicted molar refractivity (Wildman–Crippen MR) is 78.2 cm³/mol. The lowest BCUT2D eigenvalue weighted by Gasteiger charge is -2.20. The lowest BCUT2D eigenvalue weighted by atomic mass is 10.0. The minimum Gasteiger partial charge on any atom is -0.480 e. The molecule has 0 aliphatic carbocycles. The molecule has 1 unspecified atom stereocenters. The normalized spacial score (nSPS) is 12.2. The zero-order chi connectivity index (χ0) is 15.4. The van der Waals surface area contributed by atoms with Crippen LogP contribution in [0.1, 0.15) is 24.2 Å². The van der Waals surface area contributed by atoms with Gasteiger partial charge in [0.1, 0.15) is 5.69 Å². The molecule has 0 aliphatic rings. The van der Waals surface area contributed by atoms with Crippen molar-refractivity contribution in [3.05, 3.63) is 51.9 Å². The Labute approximate surface area is 129 Å². The van der Waals surface area contributed by atoms with Crippen molar-refractivity contribution >= 4 is 15.9 Å². The third-order valence-electron chi connectivity index (χ3n) is 2.94. The summed E-state index contributed by atoms with van der Waals surface area (Å²) in [6.07, 6.45) is 3.03. The first kappa shape index (κ1) is 15.8. The molecule has 0 amide bonds. The Morgan fingerprint density at radius 1 is 1.29 bits per heavy atom. The highest BCUT2D eigenvalue weighted by Gasteiger charge is 2.24. The van der Waals surface area contributed by atoms with Crippen LogP contribution >= 0.6 is 15.9 Å². The standard InChI is InChI=1S/C14H14BrF2N3O/c1-3-18-12(13-14(21-2)20-7-6-19-13)8-4-5-9(16)11(17)10(8)15/h4-7,12,18H,3H2,1-2H3. The maximum Gasteiger partial charge on any atom is 0.237 e. The van der Waals surface area contributed by atoms with E-state index >= 15 is 0 Å². The van der Waals surface area contributed by atoms with Gasteiger partial charge in [-0.1, -0.05) is 13.0 Å². The topological polar surface area (TPSA) is 47.0 Å². The summed E-state index contributed by atoms with van der Waals surface area (Å²) in [5.41, 5.74) is 1.03. The SMILES string of the molecule is CCNC(c1ccc(F)c(F)c1Br)c1nccnc1OC. The van der Waals surface area contributed by atoms with Crippen LogP contribution in [0, 0.1) is 11.6 Å². The van der Waals surface area contributed by atoms with E-state index in [1.807, 2.05) is 6.92 Å². The van der Waals surface area contributed by atoms with Gasteiger partial charge in [0.15, 0.2) is 11.6 Å². The Hall–Kier alpha value is -1.60. The largest absolute Gasteiger partial charge is 0.480 e. The number of benzene rings is 1. The van der Waals surface area contributed by atoms with Crippen LogP contribution in [0.3, 0.4) is 0 Å². The van der Waals surface area contributed by atoms with Crippen molar-refractivity contribution in [2.45, 2.75) is 13.0 Å². The summed E-state index contributed by atoms with van der Waals surface area (Å²) in [5, 5.41) is 3.18. The van der Waals surface area contributed by atoms with E-state index < -0.39 is 17.7 Å². The van der Waals surface area contributed by atoms with E-state index in [0.717, 1.165) is 6.07 Å². The summed E-state index contributed by atoms with van der Waals surface area (Å²) in [5.74, 6) is -1.51. The highest BCUT2D eigenvalue weighted by atomic mass is 79.9. The summed E-state index contributed by atoms with van der Waals surface area (Å²) in [6, 6.07) is 2.12. The average molecular weight is 358 g/mol. The van der Waals surface area contributed by atoms with Gasteiger partial charge in [-0.15, -0.1) is 0 Å². The highest BCUT2D eigenvalue weighted by Crippen LogP contribution is 2.33. The van der Waals surface area contributed by atoms with Crippen molar-refractivity contribution in [2.75, 3.05) is 13.7 Å². The third-order valence-corrected chi connectivity index (χ3v) is 3.75. The molecule has 0 bridgehead atoms. The molecule has 1 heterocycles. The average Bonchev–Trinajstić information content (AvgIpc) is 2.51. The van der Waals surface area contributed by atoms with Crippen LogP contribution in [0.15, 0.2) is 29.0 Å². The van der Waals surface area contributed by atoms with E-state index in [1.165, 1.54) is 25.6 Å². The smallest absolute Gasteiger partial charge is 0.237 e. The minimum atomic E-state index is -0.932. The zero-order valence-corrected chi connectivity index (χ0v) is 13.1. The Balaban J connectivity index is 2.56. The van der Waals surface area contributed by atoms with Gasteiger partial charge in [0.05, 0.1) is 17.6 Å². The van der Waals surface area contributed by atoms with E-state index in [1.54, 1.807) is 0 Å². The van der Waals surface area contributed by atoms with Crippen molar-refractivity contribution in [1.82, 2.24) is 15.3 Å². The fourth-order valence-electron chi connectivity index (χ4n) is 2.01. The lowest BCUT2D eigenvalue weighted by Crippen LogP contribution is -2.24. The number of halogens is 3. The summed E-state index contributed by atoms with van der Waals surface area (Å²) in [6.45, 7) is 2.51. The number of aromatic nitrogens is 2.